The molecule has 0 aromatic heterocycles. The molecule has 0 fully saturated rings. The van der Waals surface area contributed by atoms with Gasteiger partial charge in [-0.3, -0.25) is 14.9 Å². The summed E-state index contributed by atoms with van der Waals surface area (Å²) in [4.78, 5) is 22.7. The first-order valence-corrected chi connectivity index (χ1v) is 7.96. The third kappa shape index (κ3) is 4.62. The van der Waals surface area contributed by atoms with Gasteiger partial charge in [0.05, 0.1) is 19.1 Å². The van der Waals surface area contributed by atoms with Crippen molar-refractivity contribution in [3.8, 4) is 11.5 Å². The highest BCUT2D eigenvalue weighted by molar-refractivity contribution is 5.92. The molecule has 1 amide bonds. The minimum absolute atomic E-state index is 0.0244. The van der Waals surface area contributed by atoms with E-state index in [1.54, 1.807) is 37.4 Å². The summed E-state index contributed by atoms with van der Waals surface area (Å²) >= 11 is 0. The number of aryl methyl sites for hydroxylation is 1. The Labute approximate surface area is 151 Å². The van der Waals surface area contributed by atoms with Gasteiger partial charge in [0.2, 0.25) is 5.91 Å². The maximum Gasteiger partial charge on any atom is 0.292 e. The van der Waals surface area contributed by atoms with Gasteiger partial charge in [0.25, 0.3) is 5.69 Å². The highest BCUT2D eigenvalue weighted by Crippen LogP contribution is 2.33. The van der Waals surface area contributed by atoms with Crippen molar-refractivity contribution in [3.63, 3.8) is 0 Å². The van der Waals surface area contributed by atoms with E-state index in [4.69, 9.17) is 9.47 Å². The van der Waals surface area contributed by atoms with Crippen molar-refractivity contribution in [3.05, 3.63) is 52.1 Å². The summed E-state index contributed by atoms with van der Waals surface area (Å²) in [7, 11) is 3.07. The molecule has 0 bridgehead atoms. The third-order valence-corrected chi connectivity index (χ3v) is 3.77. The Morgan fingerprint density at radius 2 is 1.77 bits per heavy atom. The molecular weight excluding hydrogens is 338 g/mol. The second-order valence-electron chi connectivity index (χ2n) is 5.52. The standard InChI is InChI=1S/C18H21N3O5/c1-12-10-16(25-2)17(26-3)11-14(12)20-18(22)8-9-19-13-6-4-5-7-15(13)21(23)24/h4-7,10-11,19H,8-9H2,1-3H3,(H,20,22). The van der Waals surface area contributed by atoms with Crippen LogP contribution in [0.1, 0.15) is 12.0 Å². The van der Waals surface area contributed by atoms with Gasteiger partial charge >= 0.3 is 0 Å². The van der Waals surface area contributed by atoms with Crippen molar-refractivity contribution in [1.29, 1.82) is 0 Å². The Kier molecular flexibility index (Phi) is 6.37. The molecule has 0 aliphatic carbocycles. The maximum absolute atomic E-state index is 12.2. The highest BCUT2D eigenvalue weighted by atomic mass is 16.6. The fraction of sp³-hybridized carbons (Fsp3) is 0.278. The molecule has 8 nitrogen and oxygen atoms in total. The van der Waals surface area contributed by atoms with Gasteiger partial charge in [-0.1, -0.05) is 12.1 Å². The number of ether oxygens (including phenoxy) is 2. The number of nitrogens with zero attached hydrogens (tertiary/aromatic N) is 1. The van der Waals surface area contributed by atoms with Crippen LogP contribution in [0.4, 0.5) is 17.1 Å². The predicted octanol–water partition coefficient (Wildman–Crippen LogP) is 3.36. The zero-order valence-electron chi connectivity index (χ0n) is 14.9. The predicted molar refractivity (Wildman–Crippen MR) is 99.1 cm³/mol. The molecule has 2 aromatic rings. The van der Waals surface area contributed by atoms with Gasteiger partial charge in [0, 0.05) is 30.8 Å². The Balaban J connectivity index is 1.97. The maximum atomic E-state index is 12.2. The number of methoxy groups -OCH3 is 2. The first-order chi connectivity index (χ1) is 12.5. The second kappa shape index (κ2) is 8.70. The lowest BCUT2D eigenvalue weighted by molar-refractivity contribution is -0.384. The van der Waals surface area contributed by atoms with E-state index >= 15 is 0 Å². The van der Waals surface area contributed by atoms with Gasteiger partial charge in [0.1, 0.15) is 5.69 Å². The summed E-state index contributed by atoms with van der Waals surface area (Å²) in [5.41, 5.74) is 1.82. The molecule has 0 saturated carbocycles. The van der Waals surface area contributed by atoms with Crippen molar-refractivity contribution in [2.75, 3.05) is 31.4 Å². The van der Waals surface area contributed by atoms with Crippen LogP contribution in [0.3, 0.4) is 0 Å². The molecule has 0 radical (unpaired) electrons. The van der Waals surface area contributed by atoms with Crippen LogP contribution in [-0.2, 0) is 4.79 Å². The van der Waals surface area contributed by atoms with Crippen LogP contribution in [0.25, 0.3) is 0 Å². The number of nitro groups is 1. The summed E-state index contributed by atoms with van der Waals surface area (Å²) in [5.74, 6) is 0.888. The fourth-order valence-corrected chi connectivity index (χ4v) is 2.42. The summed E-state index contributed by atoms with van der Waals surface area (Å²) in [6.45, 7) is 2.12. The molecular formula is C18H21N3O5. The number of carbonyl (C=O) groups is 1. The van der Waals surface area contributed by atoms with Gasteiger partial charge in [-0.2, -0.15) is 0 Å². The Morgan fingerprint density at radius 1 is 1.12 bits per heavy atom. The summed E-state index contributed by atoms with van der Waals surface area (Å²) in [5, 5.41) is 16.7. The van der Waals surface area contributed by atoms with E-state index < -0.39 is 4.92 Å². The fourth-order valence-electron chi connectivity index (χ4n) is 2.42. The molecule has 8 heteroatoms. The summed E-state index contributed by atoms with van der Waals surface area (Å²) in [6.07, 6.45) is 0.153. The Morgan fingerprint density at radius 3 is 2.42 bits per heavy atom. The molecule has 26 heavy (non-hydrogen) atoms. The summed E-state index contributed by atoms with van der Waals surface area (Å²) < 4.78 is 10.5. The van der Waals surface area contributed by atoms with E-state index in [0.717, 1.165) is 5.56 Å². The van der Waals surface area contributed by atoms with E-state index in [0.29, 0.717) is 22.9 Å². The largest absolute Gasteiger partial charge is 0.493 e. The van der Waals surface area contributed by atoms with Crippen LogP contribution < -0.4 is 20.1 Å². The number of para-hydroxylation sites is 2. The van der Waals surface area contributed by atoms with Crippen LogP contribution in [-0.4, -0.2) is 31.6 Å². The molecule has 2 rings (SSSR count). The highest BCUT2D eigenvalue weighted by Gasteiger charge is 2.13. The number of anilines is 2. The zero-order chi connectivity index (χ0) is 19.1. The van der Waals surface area contributed by atoms with E-state index in [-0.39, 0.29) is 24.6 Å². The van der Waals surface area contributed by atoms with E-state index in [9.17, 15) is 14.9 Å². The number of hydrogen-bond acceptors (Lipinski definition) is 6. The third-order valence-electron chi connectivity index (χ3n) is 3.77. The first-order valence-electron chi connectivity index (χ1n) is 7.96. The lowest BCUT2D eigenvalue weighted by Gasteiger charge is -2.14. The van der Waals surface area contributed by atoms with Crippen molar-refractivity contribution in [2.24, 2.45) is 0 Å². The molecule has 0 heterocycles. The average molecular weight is 359 g/mol. The van der Waals surface area contributed by atoms with Gasteiger partial charge in [-0.05, 0) is 24.6 Å². The first kappa shape index (κ1) is 19.0. The van der Waals surface area contributed by atoms with E-state index in [1.165, 1.54) is 13.2 Å². The SMILES string of the molecule is COc1cc(C)c(NC(=O)CCNc2ccccc2[N+](=O)[O-])cc1OC. The molecule has 138 valence electrons. The average Bonchev–Trinajstić information content (AvgIpc) is 2.63. The Bertz CT molecular complexity index is 807. The number of benzene rings is 2. The monoisotopic (exact) mass is 359 g/mol. The molecule has 0 aliphatic rings. The van der Waals surface area contributed by atoms with Crippen molar-refractivity contribution in [2.45, 2.75) is 13.3 Å². The number of carbonyl (C=O) groups excluding carboxylic acids is 1. The number of hydrogen-bond donors (Lipinski definition) is 2. The van der Waals surface area contributed by atoms with Crippen LogP contribution in [0.2, 0.25) is 0 Å². The van der Waals surface area contributed by atoms with Crippen LogP contribution in [0.15, 0.2) is 36.4 Å². The second-order valence-corrected chi connectivity index (χ2v) is 5.52. The van der Waals surface area contributed by atoms with Gasteiger partial charge in [-0.25, -0.2) is 0 Å². The molecule has 0 atom stereocenters. The number of rotatable bonds is 8. The van der Waals surface area contributed by atoms with Crippen LogP contribution in [0, 0.1) is 17.0 Å². The zero-order valence-corrected chi connectivity index (χ0v) is 14.9. The molecule has 0 unspecified atom stereocenters. The van der Waals surface area contributed by atoms with Crippen LogP contribution >= 0.6 is 0 Å². The number of nitro benzene ring substituents is 1. The number of nitrogens with one attached hydrogen (secondary N) is 2. The molecule has 0 aliphatic heterocycles. The van der Waals surface area contributed by atoms with E-state index in [1.807, 2.05) is 6.92 Å². The minimum Gasteiger partial charge on any atom is -0.493 e. The quantitative estimate of drug-likeness (QED) is 0.553. The topological polar surface area (TPSA) is 103 Å². The van der Waals surface area contributed by atoms with Gasteiger partial charge < -0.3 is 20.1 Å². The van der Waals surface area contributed by atoms with E-state index in [2.05, 4.69) is 10.6 Å². The molecule has 2 aromatic carbocycles. The lowest BCUT2D eigenvalue weighted by atomic mass is 10.1. The normalized spacial score (nSPS) is 10.1. The van der Waals surface area contributed by atoms with Crippen molar-refractivity contribution in [1.82, 2.24) is 0 Å². The van der Waals surface area contributed by atoms with Gasteiger partial charge in [0.15, 0.2) is 11.5 Å². The minimum atomic E-state index is -0.463. The summed E-state index contributed by atoms with van der Waals surface area (Å²) in [6, 6.07) is 9.78. The lowest BCUT2D eigenvalue weighted by Crippen LogP contribution is -2.17. The Hall–Kier alpha value is -3.29. The van der Waals surface area contributed by atoms with Crippen LogP contribution in [0.5, 0.6) is 11.5 Å². The van der Waals surface area contributed by atoms with Gasteiger partial charge in [-0.15, -0.1) is 0 Å². The van der Waals surface area contributed by atoms with Crippen molar-refractivity contribution < 1.29 is 19.2 Å². The molecule has 0 saturated heterocycles. The number of amides is 1. The smallest absolute Gasteiger partial charge is 0.292 e. The molecule has 2 N–H and O–H groups in total. The van der Waals surface area contributed by atoms with Crippen molar-refractivity contribution >= 4 is 23.0 Å². The molecule has 0 spiro atoms.